The standard InChI is InChI=1S/C17H15N3O3/c21-17(20-6-5-14-13(9-20)8-18-10-19-14)4-2-12-1-3-15-16(7-12)23-11-22-15/h1-4,7-8,10H,5-6,9,11H2. The number of ether oxygens (including phenoxy) is 2. The van der Waals surface area contributed by atoms with Gasteiger partial charge in [0.25, 0.3) is 0 Å². The molecule has 0 aliphatic carbocycles. The second kappa shape index (κ2) is 5.72. The summed E-state index contributed by atoms with van der Waals surface area (Å²) in [5.41, 5.74) is 2.95. The minimum Gasteiger partial charge on any atom is -0.454 e. The van der Waals surface area contributed by atoms with Gasteiger partial charge in [-0.2, -0.15) is 0 Å². The molecule has 23 heavy (non-hydrogen) atoms. The largest absolute Gasteiger partial charge is 0.454 e. The van der Waals surface area contributed by atoms with Gasteiger partial charge in [-0.05, 0) is 23.8 Å². The minimum absolute atomic E-state index is 0.0165. The summed E-state index contributed by atoms with van der Waals surface area (Å²) in [5, 5.41) is 0. The van der Waals surface area contributed by atoms with Crippen molar-refractivity contribution in [2.75, 3.05) is 13.3 Å². The van der Waals surface area contributed by atoms with Crippen molar-refractivity contribution < 1.29 is 14.3 Å². The summed E-state index contributed by atoms with van der Waals surface area (Å²) >= 11 is 0. The number of hydrogen-bond acceptors (Lipinski definition) is 5. The van der Waals surface area contributed by atoms with Crippen molar-refractivity contribution in [2.45, 2.75) is 13.0 Å². The van der Waals surface area contributed by atoms with Crippen LogP contribution in [0.15, 0.2) is 36.8 Å². The van der Waals surface area contributed by atoms with Crippen molar-refractivity contribution in [3.05, 3.63) is 53.6 Å². The van der Waals surface area contributed by atoms with E-state index in [2.05, 4.69) is 9.97 Å². The molecule has 2 aliphatic heterocycles. The maximum Gasteiger partial charge on any atom is 0.246 e. The zero-order valence-corrected chi connectivity index (χ0v) is 12.4. The van der Waals surface area contributed by atoms with Crippen LogP contribution in [0, 0.1) is 0 Å². The number of carbonyl (C=O) groups is 1. The van der Waals surface area contributed by atoms with Gasteiger partial charge < -0.3 is 14.4 Å². The van der Waals surface area contributed by atoms with Gasteiger partial charge in [0, 0.05) is 37.3 Å². The first-order valence-electron chi connectivity index (χ1n) is 7.44. The molecule has 116 valence electrons. The Kier molecular flexibility index (Phi) is 3.42. The summed E-state index contributed by atoms with van der Waals surface area (Å²) < 4.78 is 10.6. The van der Waals surface area contributed by atoms with Crippen LogP contribution >= 0.6 is 0 Å². The van der Waals surface area contributed by atoms with Gasteiger partial charge in [-0.1, -0.05) is 6.07 Å². The molecule has 0 fully saturated rings. The molecule has 1 aromatic heterocycles. The van der Waals surface area contributed by atoms with Gasteiger partial charge in [-0.3, -0.25) is 4.79 Å². The molecule has 0 spiro atoms. The fraction of sp³-hybridized carbons (Fsp3) is 0.235. The molecule has 2 aromatic rings. The van der Waals surface area contributed by atoms with E-state index in [1.54, 1.807) is 29.6 Å². The molecule has 6 nitrogen and oxygen atoms in total. The van der Waals surface area contributed by atoms with Crippen molar-refractivity contribution >= 4 is 12.0 Å². The normalized spacial score (nSPS) is 15.7. The summed E-state index contributed by atoms with van der Waals surface area (Å²) in [6, 6.07) is 5.61. The Morgan fingerprint density at radius 2 is 2.17 bits per heavy atom. The molecule has 0 saturated carbocycles. The van der Waals surface area contributed by atoms with E-state index in [1.165, 1.54) is 0 Å². The van der Waals surface area contributed by atoms with Crippen LogP contribution in [0.1, 0.15) is 16.8 Å². The lowest BCUT2D eigenvalue weighted by molar-refractivity contribution is -0.126. The summed E-state index contributed by atoms with van der Waals surface area (Å²) in [4.78, 5) is 22.4. The highest BCUT2D eigenvalue weighted by Crippen LogP contribution is 2.32. The zero-order valence-electron chi connectivity index (χ0n) is 12.4. The van der Waals surface area contributed by atoms with E-state index < -0.39 is 0 Å². The second-order valence-electron chi connectivity index (χ2n) is 5.45. The number of nitrogens with zero attached hydrogens (tertiary/aromatic N) is 3. The van der Waals surface area contributed by atoms with Gasteiger partial charge in [0.1, 0.15) is 6.33 Å². The molecule has 0 unspecified atom stereocenters. The second-order valence-corrected chi connectivity index (χ2v) is 5.45. The van der Waals surface area contributed by atoms with Crippen molar-refractivity contribution in [1.82, 2.24) is 14.9 Å². The SMILES string of the molecule is O=C(C=Cc1ccc2c(c1)OCO2)N1CCc2ncncc2C1. The van der Waals surface area contributed by atoms with Crippen LogP contribution in [0.4, 0.5) is 0 Å². The minimum atomic E-state index is -0.0165. The van der Waals surface area contributed by atoms with Crippen LogP contribution < -0.4 is 9.47 Å². The highest BCUT2D eigenvalue weighted by atomic mass is 16.7. The Labute approximate surface area is 133 Å². The molecule has 1 aromatic carbocycles. The van der Waals surface area contributed by atoms with E-state index in [0.29, 0.717) is 18.8 Å². The topological polar surface area (TPSA) is 64.6 Å². The van der Waals surface area contributed by atoms with Crippen LogP contribution in [0.25, 0.3) is 6.08 Å². The van der Waals surface area contributed by atoms with E-state index in [4.69, 9.17) is 9.47 Å². The number of carbonyl (C=O) groups excluding carboxylic acids is 1. The van der Waals surface area contributed by atoms with Crippen molar-refractivity contribution in [1.29, 1.82) is 0 Å². The first-order valence-corrected chi connectivity index (χ1v) is 7.44. The molecule has 3 heterocycles. The number of fused-ring (bicyclic) bond motifs is 2. The predicted molar refractivity (Wildman–Crippen MR) is 82.8 cm³/mol. The molecule has 0 saturated heterocycles. The Bertz CT molecular complexity index is 788. The van der Waals surface area contributed by atoms with Crippen LogP contribution in [0.5, 0.6) is 11.5 Å². The molecule has 2 aliphatic rings. The maximum atomic E-state index is 12.4. The number of hydrogen-bond donors (Lipinski definition) is 0. The first-order chi connectivity index (χ1) is 11.3. The van der Waals surface area contributed by atoms with E-state index in [9.17, 15) is 4.79 Å². The van der Waals surface area contributed by atoms with Crippen LogP contribution in [-0.2, 0) is 17.8 Å². The Morgan fingerprint density at radius 1 is 1.26 bits per heavy atom. The molecular weight excluding hydrogens is 294 g/mol. The highest BCUT2D eigenvalue weighted by molar-refractivity contribution is 5.92. The van der Waals surface area contributed by atoms with E-state index in [-0.39, 0.29) is 12.7 Å². The van der Waals surface area contributed by atoms with E-state index in [1.807, 2.05) is 18.2 Å². The van der Waals surface area contributed by atoms with Gasteiger partial charge in [0.05, 0.1) is 5.69 Å². The summed E-state index contributed by atoms with van der Waals surface area (Å²) in [5.74, 6) is 1.43. The third-order valence-electron chi connectivity index (χ3n) is 3.99. The average Bonchev–Trinajstić information content (AvgIpc) is 3.07. The number of aromatic nitrogens is 2. The van der Waals surface area contributed by atoms with Gasteiger partial charge in [-0.25, -0.2) is 9.97 Å². The smallest absolute Gasteiger partial charge is 0.246 e. The molecule has 4 rings (SSSR count). The number of benzene rings is 1. The Balaban J connectivity index is 1.46. The first kappa shape index (κ1) is 13.8. The molecule has 1 amide bonds. The molecule has 0 atom stereocenters. The van der Waals surface area contributed by atoms with Gasteiger partial charge in [0.15, 0.2) is 11.5 Å². The molecular formula is C17H15N3O3. The van der Waals surface area contributed by atoms with E-state index in [0.717, 1.165) is 29.0 Å². The number of amides is 1. The zero-order chi connectivity index (χ0) is 15.6. The Morgan fingerprint density at radius 3 is 3.13 bits per heavy atom. The van der Waals surface area contributed by atoms with Crippen LogP contribution in [0.2, 0.25) is 0 Å². The lowest BCUT2D eigenvalue weighted by Gasteiger charge is -2.26. The van der Waals surface area contributed by atoms with Gasteiger partial charge >= 0.3 is 0 Å². The third-order valence-corrected chi connectivity index (χ3v) is 3.99. The maximum absolute atomic E-state index is 12.4. The highest BCUT2D eigenvalue weighted by Gasteiger charge is 2.20. The van der Waals surface area contributed by atoms with Crippen molar-refractivity contribution in [2.24, 2.45) is 0 Å². The molecule has 6 heteroatoms. The molecule has 0 radical (unpaired) electrons. The fourth-order valence-electron chi connectivity index (χ4n) is 2.74. The molecule has 0 N–H and O–H groups in total. The lowest BCUT2D eigenvalue weighted by atomic mass is 10.1. The predicted octanol–water partition coefficient (Wildman–Crippen LogP) is 1.80. The lowest BCUT2D eigenvalue weighted by Crippen LogP contribution is -2.35. The summed E-state index contributed by atoms with van der Waals surface area (Å²) in [7, 11) is 0. The van der Waals surface area contributed by atoms with Crippen molar-refractivity contribution in [3.8, 4) is 11.5 Å². The van der Waals surface area contributed by atoms with E-state index >= 15 is 0 Å². The van der Waals surface area contributed by atoms with Gasteiger partial charge in [0.2, 0.25) is 12.7 Å². The number of rotatable bonds is 2. The summed E-state index contributed by atoms with van der Waals surface area (Å²) in [6.07, 6.45) is 7.48. The van der Waals surface area contributed by atoms with Gasteiger partial charge in [-0.15, -0.1) is 0 Å². The van der Waals surface area contributed by atoms with Crippen LogP contribution in [-0.4, -0.2) is 34.1 Å². The monoisotopic (exact) mass is 309 g/mol. The van der Waals surface area contributed by atoms with Crippen molar-refractivity contribution in [3.63, 3.8) is 0 Å². The fourth-order valence-corrected chi connectivity index (χ4v) is 2.74. The molecule has 0 bridgehead atoms. The summed E-state index contributed by atoms with van der Waals surface area (Å²) in [6.45, 7) is 1.48. The van der Waals surface area contributed by atoms with Crippen LogP contribution in [0.3, 0.4) is 0 Å². The average molecular weight is 309 g/mol. The quantitative estimate of drug-likeness (QED) is 0.792. The third kappa shape index (κ3) is 2.75. The Hall–Kier alpha value is -2.89.